The van der Waals surface area contributed by atoms with Gasteiger partial charge in [-0.05, 0) is 19.9 Å². The minimum absolute atomic E-state index is 0.232. The Balaban J connectivity index is 2.65. The van der Waals surface area contributed by atoms with E-state index in [0.29, 0.717) is 6.54 Å². The number of nitrogens with zero attached hydrogens (tertiary/aromatic N) is 3. The van der Waals surface area contributed by atoms with Crippen LogP contribution in [0.5, 0.6) is 0 Å². The second-order valence-electron chi connectivity index (χ2n) is 4.59. The summed E-state index contributed by atoms with van der Waals surface area (Å²) in [6.45, 7) is 5.54. The molecule has 0 saturated heterocycles. The molecule has 0 amide bonds. The van der Waals surface area contributed by atoms with Gasteiger partial charge in [0.05, 0.1) is 18.1 Å². The molecule has 1 aromatic rings. The fourth-order valence-corrected chi connectivity index (χ4v) is 2.18. The third kappa shape index (κ3) is 4.08. The zero-order valence-electron chi connectivity index (χ0n) is 11.8. The molecule has 5 nitrogen and oxygen atoms in total. The highest BCUT2D eigenvalue weighted by Gasteiger charge is 2.18. The summed E-state index contributed by atoms with van der Waals surface area (Å²) in [5.74, 6) is 0. The lowest BCUT2D eigenvalue weighted by atomic mass is 10.2. The van der Waals surface area contributed by atoms with Crippen molar-refractivity contribution in [2.45, 2.75) is 32.4 Å². The molecule has 0 aromatic carbocycles. The highest BCUT2D eigenvalue weighted by molar-refractivity contribution is 5.06. The van der Waals surface area contributed by atoms with Gasteiger partial charge in [0.15, 0.2) is 0 Å². The molecule has 1 unspecified atom stereocenters. The summed E-state index contributed by atoms with van der Waals surface area (Å²) in [6.07, 6.45) is 5.95. The van der Waals surface area contributed by atoms with Crippen LogP contribution in [-0.2, 0) is 11.3 Å². The number of aromatic nitrogens is 2. The van der Waals surface area contributed by atoms with Gasteiger partial charge >= 0.3 is 0 Å². The van der Waals surface area contributed by atoms with Crippen LogP contribution in [0.2, 0.25) is 0 Å². The van der Waals surface area contributed by atoms with E-state index in [0.717, 1.165) is 32.5 Å². The molecule has 0 bridgehead atoms. The van der Waals surface area contributed by atoms with Gasteiger partial charge in [0, 0.05) is 39.5 Å². The molecule has 104 valence electrons. The maximum absolute atomic E-state index is 5.92. The Bertz CT molecular complexity index is 327. The van der Waals surface area contributed by atoms with Gasteiger partial charge in [-0.2, -0.15) is 0 Å². The van der Waals surface area contributed by atoms with Crippen LogP contribution in [0.25, 0.3) is 0 Å². The highest BCUT2D eigenvalue weighted by Crippen LogP contribution is 2.18. The van der Waals surface area contributed by atoms with Gasteiger partial charge in [0.2, 0.25) is 0 Å². The van der Waals surface area contributed by atoms with Crippen molar-refractivity contribution in [1.29, 1.82) is 0 Å². The van der Waals surface area contributed by atoms with E-state index in [1.807, 2.05) is 12.5 Å². The van der Waals surface area contributed by atoms with E-state index in [1.165, 1.54) is 5.69 Å². The second kappa shape index (κ2) is 8.24. The Labute approximate surface area is 110 Å². The molecule has 0 aliphatic heterocycles. The highest BCUT2D eigenvalue weighted by atomic mass is 16.5. The summed E-state index contributed by atoms with van der Waals surface area (Å²) in [5, 5.41) is 0. The van der Waals surface area contributed by atoms with Gasteiger partial charge in [-0.15, -0.1) is 0 Å². The summed E-state index contributed by atoms with van der Waals surface area (Å²) < 4.78 is 7.28. The van der Waals surface area contributed by atoms with Crippen molar-refractivity contribution in [2.75, 3.05) is 33.9 Å². The predicted molar refractivity (Wildman–Crippen MR) is 73.4 cm³/mol. The van der Waals surface area contributed by atoms with Crippen LogP contribution in [0.4, 0.5) is 0 Å². The Morgan fingerprint density at radius 2 is 2.33 bits per heavy atom. The van der Waals surface area contributed by atoms with Crippen molar-refractivity contribution >= 4 is 0 Å². The number of rotatable bonds is 9. The van der Waals surface area contributed by atoms with E-state index < -0.39 is 0 Å². The molecule has 0 radical (unpaired) electrons. The van der Waals surface area contributed by atoms with Crippen LogP contribution < -0.4 is 5.73 Å². The first-order valence-electron chi connectivity index (χ1n) is 6.63. The molecule has 1 atom stereocenters. The van der Waals surface area contributed by atoms with E-state index in [4.69, 9.17) is 10.5 Å². The Hall–Kier alpha value is -0.910. The minimum atomic E-state index is 0.232. The van der Waals surface area contributed by atoms with Crippen LogP contribution in [0.15, 0.2) is 12.5 Å². The quantitative estimate of drug-likeness (QED) is 0.674. The van der Waals surface area contributed by atoms with Gasteiger partial charge in [0.25, 0.3) is 0 Å². The number of likely N-dealkylation sites (N-methyl/N-ethyl adjacent to an activating group) is 1. The van der Waals surface area contributed by atoms with Crippen molar-refractivity contribution in [2.24, 2.45) is 5.73 Å². The summed E-state index contributed by atoms with van der Waals surface area (Å²) >= 11 is 0. The Morgan fingerprint density at radius 1 is 1.56 bits per heavy atom. The summed E-state index contributed by atoms with van der Waals surface area (Å²) in [5.41, 5.74) is 7.13. The molecule has 0 spiro atoms. The first-order valence-corrected chi connectivity index (χ1v) is 6.63. The van der Waals surface area contributed by atoms with E-state index in [1.54, 1.807) is 7.11 Å². The molecule has 18 heavy (non-hydrogen) atoms. The predicted octanol–water partition coefficient (Wildman–Crippen LogP) is 1.26. The zero-order valence-corrected chi connectivity index (χ0v) is 11.8. The molecule has 1 rings (SSSR count). The van der Waals surface area contributed by atoms with E-state index in [9.17, 15) is 0 Å². The smallest absolute Gasteiger partial charge is 0.0948 e. The number of methoxy groups -OCH3 is 1. The Kier molecular flexibility index (Phi) is 6.93. The number of hydrogen-bond acceptors (Lipinski definition) is 4. The third-order valence-corrected chi connectivity index (χ3v) is 3.17. The molecule has 1 heterocycles. The first-order chi connectivity index (χ1) is 8.74. The van der Waals surface area contributed by atoms with Crippen molar-refractivity contribution in [3.63, 3.8) is 0 Å². The second-order valence-corrected chi connectivity index (χ2v) is 4.59. The van der Waals surface area contributed by atoms with Crippen molar-refractivity contribution < 1.29 is 4.74 Å². The van der Waals surface area contributed by atoms with Crippen molar-refractivity contribution in [3.8, 4) is 0 Å². The third-order valence-electron chi connectivity index (χ3n) is 3.17. The van der Waals surface area contributed by atoms with Gasteiger partial charge < -0.3 is 15.0 Å². The Morgan fingerprint density at radius 3 is 2.94 bits per heavy atom. The fraction of sp³-hybridized carbons (Fsp3) is 0.769. The maximum atomic E-state index is 5.92. The lowest BCUT2D eigenvalue weighted by molar-refractivity contribution is 0.164. The summed E-state index contributed by atoms with van der Waals surface area (Å²) in [6, 6.07) is 0.232. The van der Waals surface area contributed by atoms with Crippen LogP contribution >= 0.6 is 0 Å². The average Bonchev–Trinajstić information content (AvgIpc) is 2.79. The van der Waals surface area contributed by atoms with Gasteiger partial charge in [-0.3, -0.25) is 4.90 Å². The van der Waals surface area contributed by atoms with Crippen LogP contribution in [0.1, 0.15) is 31.5 Å². The van der Waals surface area contributed by atoms with Gasteiger partial charge in [0.1, 0.15) is 0 Å². The molecule has 0 aliphatic carbocycles. The normalized spacial score (nSPS) is 13.2. The number of hydrogen-bond donors (Lipinski definition) is 1. The van der Waals surface area contributed by atoms with E-state index >= 15 is 0 Å². The van der Waals surface area contributed by atoms with Crippen molar-refractivity contribution in [1.82, 2.24) is 14.5 Å². The van der Waals surface area contributed by atoms with Crippen molar-refractivity contribution in [3.05, 3.63) is 18.2 Å². The molecule has 1 aromatic heterocycles. The number of aryl methyl sites for hydroxylation is 1. The number of nitrogens with two attached hydrogens (primary N) is 1. The zero-order chi connectivity index (χ0) is 13.4. The summed E-state index contributed by atoms with van der Waals surface area (Å²) in [4.78, 5) is 6.52. The summed E-state index contributed by atoms with van der Waals surface area (Å²) in [7, 11) is 3.84. The average molecular weight is 254 g/mol. The minimum Gasteiger partial charge on any atom is -0.385 e. The van der Waals surface area contributed by atoms with Crippen LogP contribution in [0.3, 0.4) is 0 Å². The molecule has 0 saturated carbocycles. The lowest BCUT2D eigenvalue weighted by Crippen LogP contribution is -2.33. The van der Waals surface area contributed by atoms with Crippen LogP contribution in [0, 0.1) is 0 Å². The van der Waals surface area contributed by atoms with E-state index in [2.05, 4.69) is 28.4 Å². The molecule has 2 N–H and O–H groups in total. The standard InChI is InChI=1S/C13H26N4O/c1-4-6-17-11-15-10-13(17)12(9-14)16(2)7-5-8-18-3/h10-12H,4-9,14H2,1-3H3. The van der Waals surface area contributed by atoms with Crippen LogP contribution in [-0.4, -0.2) is 48.3 Å². The molecular weight excluding hydrogens is 228 g/mol. The fourth-order valence-electron chi connectivity index (χ4n) is 2.18. The van der Waals surface area contributed by atoms with E-state index in [-0.39, 0.29) is 6.04 Å². The maximum Gasteiger partial charge on any atom is 0.0948 e. The first kappa shape index (κ1) is 15.1. The largest absolute Gasteiger partial charge is 0.385 e. The van der Waals surface area contributed by atoms with Gasteiger partial charge in [-0.1, -0.05) is 6.92 Å². The number of ether oxygens (including phenoxy) is 1. The molecular formula is C13H26N4O. The van der Waals surface area contributed by atoms with Gasteiger partial charge in [-0.25, -0.2) is 4.98 Å². The monoisotopic (exact) mass is 254 g/mol. The lowest BCUT2D eigenvalue weighted by Gasteiger charge is -2.27. The molecule has 0 aliphatic rings. The number of imidazole rings is 1. The topological polar surface area (TPSA) is 56.3 Å². The SMILES string of the molecule is CCCn1cncc1C(CN)N(C)CCCOC. The molecule has 5 heteroatoms. The molecule has 0 fully saturated rings.